The number of hydrogen-bond donors (Lipinski definition) is 1. The van der Waals surface area contributed by atoms with E-state index in [1.54, 1.807) is 17.6 Å². The molecule has 2 nitrogen and oxygen atoms in total. The number of thiophene rings is 1. The lowest BCUT2D eigenvalue weighted by atomic mass is 10.4. The highest BCUT2D eigenvalue weighted by atomic mass is 32.2. The van der Waals surface area contributed by atoms with E-state index in [-0.39, 0.29) is 0 Å². The fourth-order valence-corrected chi connectivity index (χ4v) is 2.25. The Kier molecular flexibility index (Phi) is 5.27. The molecule has 1 N–H and O–H groups in total. The molecule has 1 atom stereocenters. The molecule has 0 aromatic carbocycles. The van der Waals surface area contributed by atoms with Gasteiger partial charge in [0, 0.05) is 34.2 Å². The molecule has 0 amide bonds. The van der Waals surface area contributed by atoms with E-state index in [4.69, 9.17) is 0 Å². The van der Waals surface area contributed by atoms with E-state index in [1.807, 2.05) is 0 Å². The minimum atomic E-state index is -0.643. The average molecular weight is 217 g/mol. The van der Waals surface area contributed by atoms with Crippen molar-refractivity contribution >= 4 is 22.1 Å². The van der Waals surface area contributed by atoms with Crippen molar-refractivity contribution in [3.63, 3.8) is 0 Å². The molecule has 0 bridgehead atoms. The fraction of sp³-hybridized carbons (Fsp3) is 0.556. The Morgan fingerprint density at radius 2 is 2.46 bits per heavy atom. The van der Waals surface area contributed by atoms with E-state index in [9.17, 15) is 4.21 Å². The summed E-state index contributed by atoms with van der Waals surface area (Å²) in [6.07, 6.45) is 2.74. The second-order valence-electron chi connectivity index (χ2n) is 2.89. The molecule has 1 unspecified atom stereocenters. The zero-order chi connectivity index (χ0) is 9.52. The van der Waals surface area contributed by atoms with Gasteiger partial charge >= 0.3 is 0 Å². The van der Waals surface area contributed by atoms with E-state index in [0.717, 1.165) is 25.3 Å². The SMILES string of the molecule is CS(=O)CCCNCc1cccs1. The third kappa shape index (κ3) is 5.18. The number of rotatable bonds is 6. The van der Waals surface area contributed by atoms with Gasteiger partial charge in [-0.25, -0.2) is 0 Å². The van der Waals surface area contributed by atoms with Crippen LogP contribution in [-0.4, -0.2) is 22.8 Å². The minimum Gasteiger partial charge on any atom is -0.312 e. The van der Waals surface area contributed by atoms with Gasteiger partial charge < -0.3 is 5.32 Å². The third-order valence-corrected chi connectivity index (χ3v) is 3.40. The van der Waals surface area contributed by atoms with Gasteiger partial charge in [0.15, 0.2) is 0 Å². The molecule has 0 fully saturated rings. The van der Waals surface area contributed by atoms with Gasteiger partial charge in [0.25, 0.3) is 0 Å². The maximum atomic E-state index is 10.7. The predicted molar refractivity (Wildman–Crippen MR) is 59.6 cm³/mol. The molecule has 1 aromatic heterocycles. The summed E-state index contributed by atoms with van der Waals surface area (Å²) >= 11 is 1.76. The van der Waals surface area contributed by atoms with Gasteiger partial charge in [-0.1, -0.05) is 6.07 Å². The van der Waals surface area contributed by atoms with Crippen LogP contribution in [-0.2, 0) is 17.3 Å². The smallest absolute Gasteiger partial charge is 0.0299 e. The first kappa shape index (κ1) is 10.9. The van der Waals surface area contributed by atoms with Crippen LogP contribution in [0.15, 0.2) is 17.5 Å². The van der Waals surface area contributed by atoms with Crippen molar-refractivity contribution in [1.82, 2.24) is 5.32 Å². The number of nitrogens with one attached hydrogen (secondary N) is 1. The van der Waals surface area contributed by atoms with Gasteiger partial charge in [-0.05, 0) is 24.4 Å². The van der Waals surface area contributed by atoms with Gasteiger partial charge in [-0.15, -0.1) is 11.3 Å². The van der Waals surface area contributed by atoms with Crippen molar-refractivity contribution in [2.45, 2.75) is 13.0 Å². The second-order valence-corrected chi connectivity index (χ2v) is 5.47. The highest BCUT2D eigenvalue weighted by Gasteiger charge is 1.93. The van der Waals surface area contributed by atoms with Crippen LogP contribution in [0.1, 0.15) is 11.3 Å². The maximum absolute atomic E-state index is 10.7. The van der Waals surface area contributed by atoms with Gasteiger partial charge in [0.2, 0.25) is 0 Å². The van der Waals surface area contributed by atoms with Crippen LogP contribution >= 0.6 is 11.3 Å². The largest absolute Gasteiger partial charge is 0.312 e. The molecule has 1 rings (SSSR count). The molecule has 1 heterocycles. The maximum Gasteiger partial charge on any atom is 0.0299 e. The molecular weight excluding hydrogens is 202 g/mol. The second kappa shape index (κ2) is 6.29. The Balaban J connectivity index is 1.99. The van der Waals surface area contributed by atoms with Crippen LogP contribution in [0.3, 0.4) is 0 Å². The van der Waals surface area contributed by atoms with Crippen molar-refractivity contribution in [3.8, 4) is 0 Å². The summed E-state index contributed by atoms with van der Waals surface area (Å²) in [7, 11) is -0.643. The molecular formula is C9H15NOS2. The zero-order valence-electron chi connectivity index (χ0n) is 7.79. The Bertz CT molecular complexity index is 246. The van der Waals surface area contributed by atoms with Crippen LogP contribution in [0, 0.1) is 0 Å². The molecule has 0 saturated carbocycles. The normalized spacial score (nSPS) is 13.0. The first-order valence-electron chi connectivity index (χ1n) is 4.32. The molecule has 13 heavy (non-hydrogen) atoms. The van der Waals surface area contributed by atoms with Crippen molar-refractivity contribution in [3.05, 3.63) is 22.4 Å². The van der Waals surface area contributed by atoms with Crippen LogP contribution in [0.5, 0.6) is 0 Å². The van der Waals surface area contributed by atoms with Crippen LogP contribution < -0.4 is 5.32 Å². The highest BCUT2D eigenvalue weighted by Crippen LogP contribution is 2.06. The average Bonchev–Trinajstić information content (AvgIpc) is 2.55. The molecule has 4 heteroatoms. The minimum absolute atomic E-state index is 0.643. The standard InChI is InChI=1S/C9H15NOS2/c1-13(11)7-3-5-10-8-9-4-2-6-12-9/h2,4,6,10H,3,5,7-8H2,1H3. The van der Waals surface area contributed by atoms with E-state index in [2.05, 4.69) is 22.8 Å². The molecule has 0 aliphatic rings. The van der Waals surface area contributed by atoms with E-state index in [1.165, 1.54) is 4.88 Å². The highest BCUT2D eigenvalue weighted by molar-refractivity contribution is 7.84. The predicted octanol–water partition coefficient (Wildman–Crippen LogP) is 1.61. The van der Waals surface area contributed by atoms with E-state index in [0.29, 0.717) is 0 Å². The monoisotopic (exact) mass is 217 g/mol. The summed E-state index contributed by atoms with van der Waals surface area (Å²) in [4.78, 5) is 1.36. The molecule has 1 aromatic rings. The summed E-state index contributed by atoms with van der Waals surface area (Å²) in [6, 6.07) is 4.18. The van der Waals surface area contributed by atoms with Crippen molar-refractivity contribution in [2.24, 2.45) is 0 Å². The summed E-state index contributed by atoms with van der Waals surface area (Å²) in [6.45, 7) is 1.89. The summed E-state index contributed by atoms with van der Waals surface area (Å²) < 4.78 is 10.7. The molecule has 0 aliphatic heterocycles. The van der Waals surface area contributed by atoms with Crippen molar-refractivity contribution in [2.75, 3.05) is 18.6 Å². The fourth-order valence-electron chi connectivity index (χ4n) is 1.03. The quantitative estimate of drug-likeness (QED) is 0.733. The Labute approximate surface area is 85.8 Å². The van der Waals surface area contributed by atoms with Crippen LogP contribution in [0.25, 0.3) is 0 Å². The Morgan fingerprint density at radius 3 is 3.08 bits per heavy atom. The van der Waals surface area contributed by atoms with Gasteiger partial charge in [-0.3, -0.25) is 4.21 Å². The van der Waals surface area contributed by atoms with Crippen LogP contribution in [0.2, 0.25) is 0 Å². The Hall–Kier alpha value is -0.190. The molecule has 0 spiro atoms. The van der Waals surface area contributed by atoms with Crippen molar-refractivity contribution < 1.29 is 4.21 Å². The first-order chi connectivity index (χ1) is 6.29. The lowest BCUT2D eigenvalue weighted by Crippen LogP contribution is -2.15. The lowest BCUT2D eigenvalue weighted by Gasteiger charge is -2.01. The third-order valence-electron chi connectivity index (χ3n) is 1.66. The lowest BCUT2D eigenvalue weighted by molar-refractivity contribution is 0.665. The summed E-state index contributed by atoms with van der Waals surface area (Å²) in [5, 5.41) is 5.40. The summed E-state index contributed by atoms with van der Waals surface area (Å²) in [5.74, 6) is 0.803. The van der Waals surface area contributed by atoms with E-state index >= 15 is 0 Å². The molecule has 74 valence electrons. The molecule has 0 saturated heterocycles. The van der Waals surface area contributed by atoms with Gasteiger partial charge in [-0.2, -0.15) is 0 Å². The molecule has 0 radical (unpaired) electrons. The topological polar surface area (TPSA) is 29.1 Å². The van der Waals surface area contributed by atoms with Gasteiger partial charge in [0.05, 0.1) is 0 Å². The van der Waals surface area contributed by atoms with Crippen LogP contribution in [0.4, 0.5) is 0 Å². The Morgan fingerprint density at radius 1 is 1.62 bits per heavy atom. The van der Waals surface area contributed by atoms with Crippen molar-refractivity contribution in [1.29, 1.82) is 0 Å². The molecule has 0 aliphatic carbocycles. The van der Waals surface area contributed by atoms with E-state index < -0.39 is 10.8 Å². The first-order valence-corrected chi connectivity index (χ1v) is 6.93. The zero-order valence-corrected chi connectivity index (χ0v) is 9.42. The number of hydrogen-bond acceptors (Lipinski definition) is 3. The van der Waals surface area contributed by atoms with Gasteiger partial charge in [0.1, 0.15) is 0 Å². The summed E-state index contributed by atoms with van der Waals surface area (Å²) in [5.41, 5.74) is 0.